The number of anilines is 1. The fraction of sp³-hybridized carbons (Fsp3) is 0.458. The van der Waals surface area contributed by atoms with E-state index in [1.165, 1.54) is 5.69 Å². The monoisotopic (exact) mass is 419 g/mol. The van der Waals surface area contributed by atoms with E-state index in [-0.39, 0.29) is 5.91 Å². The average Bonchev–Trinajstić information content (AvgIpc) is 3.09. The van der Waals surface area contributed by atoms with Crippen LogP contribution in [0.15, 0.2) is 36.5 Å². The summed E-state index contributed by atoms with van der Waals surface area (Å²) in [5.74, 6) is -0.234. The van der Waals surface area contributed by atoms with Gasteiger partial charge in [-0.2, -0.15) is 5.26 Å². The molecule has 4 rings (SSSR count). The third-order valence-electron chi connectivity index (χ3n) is 5.90. The second-order valence-electron chi connectivity index (χ2n) is 8.22. The van der Waals surface area contributed by atoms with Crippen molar-refractivity contribution in [1.29, 1.82) is 5.26 Å². The molecule has 2 aromatic rings. The molecule has 1 aromatic carbocycles. The third-order valence-corrected chi connectivity index (χ3v) is 5.90. The van der Waals surface area contributed by atoms with Crippen LogP contribution in [-0.2, 0) is 22.4 Å². The van der Waals surface area contributed by atoms with Gasteiger partial charge in [0.2, 0.25) is 0 Å². The Morgan fingerprint density at radius 3 is 3.00 bits per heavy atom. The minimum Gasteiger partial charge on any atom is -0.373 e. The van der Waals surface area contributed by atoms with Gasteiger partial charge in [-0.15, -0.1) is 0 Å². The van der Waals surface area contributed by atoms with Gasteiger partial charge in [0.15, 0.2) is 0 Å². The van der Waals surface area contributed by atoms with Crippen molar-refractivity contribution in [3.63, 3.8) is 0 Å². The van der Waals surface area contributed by atoms with Crippen LogP contribution in [0.2, 0.25) is 0 Å². The van der Waals surface area contributed by atoms with E-state index in [4.69, 9.17) is 4.74 Å². The van der Waals surface area contributed by atoms with Gasteiger partial charge in [0.25, 0.3) is 5.91 Å². The number of nitrogens with zero attached hydrogens (tertiary/aromatic N) is 3. The number of hydrogen-bond donors (Lipinski definition) is 2. The minimum absolute atomic E-state index is 0.234. The first-order chi connectivity index (χ1) is 15.1. The van der Waals surface area contributed by atoms with Crippen molar-refractivity contribution in [3.8, 4) is 17.2 Å². The van der Waals surface area contributed by atoms with E-state index in [0.717, 1.165) is 54.7 Å². The number of hydrogen-bond acceptors (Lipinski definition) is 6. The van der Waals surface area contributed by atoms with E-state index in [2.05, 4.69) is 51.8 Å². The fourth-order valence-corrected chi connectivity index (χ4v) is 4.11. The van der Waals surface area contributed by atoms with Crippen LogP contribution in [0.5, 0.6) is 0 Å². The van der Waals surface area contributed by atoms with Crippen LogP contribution in [0.3, 0.4) is 0 Å². The smallest absolute Gasteiger partial charge is 0.251 e. The number of aromatic nitrogens is 1. The predicted molar refractivity (Wildman–Crippen MR) is 120 cm³/mol. The largest absolute Gasteiger partial charge is 0.373 e. The number of nitriles is 1. The highest BCUT2D eigenvalue weighted by molar-refractivity contribution is 5.81. The quantitative estimate of drug-likeness (QED) is 0.771. The third kappa shape index (κ3) is 5.22. The SMILES string of the molecule is CN1CCCc2ncc(-c3ccc(C[C@@H](C#N)NC(=O)[C@@H]4CNCCCO4)cc3)cc21. The zero-order valence-electron chi connectivity index (χ0n) is 17.9. The fourth-order valence-electron chi connectivity index (χ4n) is 4.11. The molecular formula is C24H29N5O2. The van der Waals surface area contributed by atoms with Crippen LogP contribution in [0.4, 0.5) is 5.69 Å². The summed E-state index contributed by atoms with van der Waals surface area (Å²) in [6.45, 7) is 2.92. The second-order valence-corrected chi connectivity index (χ2v) is 8.22. The highest BCUT2D eigenvalue weighted by atomic mass is 16.5. The summed E-state index contributed by atoms with van der Waals surface area (Å²) in [4.78, 5) is 19.4. The number of pyridine rings is 1. The number of carbonyl (C=O) groups is 1. The molecule has 0 saturated carbocycles. The zero-order valence-corrected chi connectivity index (χ0v) is 17.9. The standard InChI is InChI=1S/C24H29N5O2/c1-29-10-2-4-21-22(29)13-19(15-27-21)18-7-5-17(6-8-18)12-20(14-25)28-24(30)23-16-26-9-3-11-31-23/h5-8,13,15,20,23,26H,2-4,9-12,16H2,1H3,(H,28,30)/t20-,23-/m0/s1. The van der Waals surface area contributed by atoms with Crippen molar-refractivity contribution in [3.05, 3.63) is 47.8 Å². The van der Waals surface area contributed by atoms with Crippen molar-refractivity contribution in [2.24, 2.45) is 0 Å². The normalized spacial score (nSPS) is 19.6. The highest BCUT2D eigenvalue weighted by Crippen LogP contribution is 2.29. The molecule has 1 aromatic heterocycles. The predicted octanol–water partition coefficient (Wildman–Crippen LogP) is 2.06. The van der Waals surface area contributed by atoms with Gasteiger partial charge in [-0.1, -0.05) is 24.3 Å². The Bertz CT molecular complexity index is 945. The van der Waals surface area contributed by atoms with Crippen LogP contribution in [-0.4, -0.2) is 56.3 Å². The summed E-state index contributed by atoms with van der Waals surface area (Å²) in [5.41, 5.74) is 5.54. The van der Waals surface area contributed by atoms with Gasteiger partial charge < -0.3 is 20.3 Å². The second kappa shape index (κ2) is 9.90. The molecule has 0 unspecified atom stereocenters. The molecule has 7 heteroatoms. The molecule has 1 saturated heterocycles. The molecular weight excluding hydrogens is 390 g/mol. The molecule has 1 amide bonds. The molecule has 0 aliphatic carbocycles. The first kappa shape index (κ1) is 21.3. The minimum atomic E-state index is -0.593. The van der Waals surface area contributed by atoms with Crippen molar-refractivity contribution in [2.45, 2.75) is 37.8 Å². The van der Waals surface area contributed by atoms with Crippen LogP contribution in [0.25, 0.3) is 11.1 Å². The maximum absolute atomic E-state index is 12.5. The first-order valence-electron chi connectivity index (χ1n) is 11.0. The summed E-state index contributed by atoms with van der Waals surface area (Å²) in [6.07, 6.45) is 4.90. The van der Waals surface area contributed by atoms with Gasteiger partial charge in [-0.25, -0.2) is 0 Å². The molecule has 31 heavy (non-hydrogen) atoms. The van der Waals surface area contributed by atoms with Crippen molar-refractivity contribution < 1.29 is 9.53 Å². The topological polar surface area (TPSA) is 90.3 Å². The summed E-state index contributed by atoms with van der Waals surface area (Å²) in [6, 6.07) is 11.9. The molecule has 3 heterocycles. The van der Waals surface area contributed by atoms with E-state index in [1.54, 1.807) is 0 Å². The van der Waals surface area contributed by atoms with Crippen molar-refractivity contribution in [1.82, 2.24) is 15.6 Å². The van der Waals surface area contributed by atoms with Gasteiger partial charge in [-0.3, -0.25) is 9.78 Å². The number of aryl methyl sites for hydroxylation is 1. The highest BCUT2D eigenvalue weighted by Gasteiger charge is 2.23. The maximum Gasteiger partial charge on any atom is 0.251 e. The molecule has 162 valence electrons. The Hall–Kier alpha value is -2.95. The lowest BCUT2D eigenvalue weighted by atomic mass is 10.00. The number of amides is 1. The van der Waals surface area contributed by atoms with Gasteiger partial charge in [0, 0.05) is 44.9 Å². The van der Waals surface area contributed by atoms with Crippen LogP contribution < -0.4 is 15.5 Å². The van der Waals surface area contributed by atoms with Gasteiger partial charge in [0.1, 0.15) is 12.1 Å². The molecule has 7 nitrogen and oxygen atoms in total. The van der Waals surface area contributed by atoms with Crippen molar-refractivity contribution in [2.75, 3.05) is 38.2 Å². The molecule has 0 radical (unpaired) electrons. The molecule has 0 bridgehead atoms. The van der Waals surface area contributed by atoms with Crippen LogP contribution >= 0.6 is 0 Å². The Kier molecular flexibility index (Phi) is 6.80. The number of ether oxygens (including phenoxy) is 1. The van der Waals surface area contributed by atoms with E-state index >= 15 is 0 Å². The summed E-state index contributed by atoms with van der Waals surface area (Å²) >= 11 is 0. The van der Waals surface area contributed by atoms with Crippen molar-refractivity contribution >= 4 is 11.6 Å². The Morgan fingerprint density at radius 1 is 1.35 bits per heavy atom. The maximum atomic E-state index is 12.5. The van der Waals surface area contributed by atoms with Gasteiger partial charge in [-0.05, 0) is 43.0 Å². The molecule has 2 N–H and O–H groups in total. The molecule has 2 atom stereocenters. The lowest BCUT2D eigenvalue weighted by Gasteiger charge is -2.27. The first-order valence-corrected chi connectivity index (χ1v) is 11.0. The molecule has 0 spiro atoms. The lowest BCUT2D eigenvalue weighted by Crippen LogP contribution is -2.46. The van der Waals surface area contributed by atoms with E-state index in [1.807, 2.05) is 18.3 Å². The molecule has 2 aliphatic heterocycles. The summed E-state index contributed by atoms with van der Waals surface area (Å²) in [5, 5.41) is 15.5. The van der Waals surface area contributed by atoms with Crippen LogP contribution in [0.1, 0.15) is 24.1 Å². The van der Waals surface area contributed by atoms with Gasteiger partial charge >= 0.3 is 0 Å². The Balaban J connectivity index is 1.40. The lowest BCUT2D eigenvalue weighted by molar-refractivity contribution is -0.132. The average molecular weight is 420 g/mol. The Morgan fingerprint density at radius 2 is 2.19 bits per heavy atom. The number of nitrogens with one attached hydrogen (secondary N) is 2. The number of rotatable bonds is 5. The number of carbonyl (C=O) groups excluding carboxylic acids is 1. The van der Waals surface area contributed by atoms with Crippen LogP contribution in [0, 0.1) is 11.3 Å². The molecule has 1 fully saturated rings. The summed E-state index contributed by atoms with van der Waals surface area (Å²) < 4.78 is 5.58. The van der Waals surface area contributed by atoms with Gasteiger partial charge in [0.05, 0.1) is 17.5 Å². The molecule has 2 aliphatic rings. The number of benzene rings is 1. The van der Waals surface area contributed by atoms with E-state index in [9.17, 15) is 10.1 Å². The number of fused-ring (bicyclic) bond motifs is 1. The van der Waals surface area contributed by atoms with E-state index in [0.29, 0.717) is 19.6 Å². The Labute approximate surface area is 183 Å². The summed E-state index contributed by atoms with van der Waals surface area (Å²) in [7, 11) is 2.11. The van der Waals surface area contributed by atoms with E-state index < -0.39 is 12.1 Å². The zero-order chi connectivity index (χ0) is 21.6.